The predicted octanol–water partition coefficient (Wildman–Crippen LogP) is 2.11. The summed E-state index contributed by atoms with van der Waals surface area (Å²) in [5.41, 5.74) is 0.0537. The van der Waals surface area contributed by atoms with Gasteiger partial charge in [-0.2, -0.15) is 0 Å². The Morgan fingerprint density at radius 1 is 1.79 bits per heavy atom. The molecule has 0 spiro atoms. The SMILES string of the molecule is CC1(CO)CCN(c2nc(Br)cs2)C1. The zero-order valence-corrected chi connectivity index (χ0v) is 10.4. The molecule has 3 nitrogen and oxygen atoms in total. The zero-order chi connectivity index (χ0) is 10.2. The van der Waals surface area contributed by atoms with Gasteiger partial charge in [-0.05, 0) is 22.4 Å². The van der Waals surface area contributed by atoms with Gasteiger partial charge in [-0.1, -0.05) is 6.92 Å². The van der Waals surface area contributed by atoms with Crippen molar-refractivity contribution in [2.45, 2.75) is 13.3 Å². The molecule has 2 rings (SSSR count). The van der Waals surface area contributed by atoms with E-state index in [0.717, 1.165) is 29.2 Å². The van der Waals surface area contributed by atoms with E-state index in [0.29, 0.717) is 0 Å². The van der Waals surface area contributed by atoms with Gasteiger partial charge in [-0.25, -0.2) is 4.98 Å². The highest BCUT2D eigenvalue weighted by Gasteiger charge is 2.34. The number of rotatable bonds is 2. The van der Waals surface area contributed by atoms with Crippen molar-refractivity contribution in [1.29, 1.82) is 0 Å². The second kappa shape index (κ2) is 3.79. The first-order chi connectivity index (χ1) is 6.63. The molecule has 1 aromatic heterocycles. The fourth-order valence-electron chi connectivity index (χ4n) is 1.71. The van der Waals surface area contributed by atoms with E-state index < -0.39 is 0 Å². The molecule has 1 atom stereocenters. The van der Waals surface area contributed by atoms with Crippen LogP contribution in [-0.4, -0.2) is 29.8 Å². The van der Waals surface area contributed by atoms with Gasteiger partial charge in [-0.3, -0.25) is 0 Å². The van der Waals surface area contributed by atoms with E-state index in [-0.39, 0.29) is 12.0 Å². The first-order valence-electron chi connectivity index (χ1n) is 4.60. The number of nitrogens with zero attached hydrogens (tertiary/aromatic N) is 2. The molecule has 78 valence electrons. The maximum atomic E-state index is 9.24. The summed E-state index contributed by atoms with van der Waals surface area (Å²) < 4.78 is 0.898. The van der Waals surface area contributed by atoms with Gasteiger partial charge in [-0.15, -0.1) is 11.3 Å². The molecule has 5 heteroatoms. The molecule has 1 aliphatic rings. The molecule has 1 aliphatic heterocycles. The first kappa shape index (κ1) is 10.4. The number of anilines is 1. The highest BCUT2D eigenvalue weighted by molar-refractivity contribution is 9.10. The van der Waals surface area contributed by atoms with Gasteiger partial charge in [0.1, 0.15) is 4.60 Å². The molecule has 0 bridgehead atoms. The van der Waals surface area contributed by atoms with Crippen LogP contribution in [0.15, 0.2) is 9.98 Å². The van der Waals surface area contributed by atoms with E-state index >= 15 is 0 Å². The number of halogens is 1. The number of thiazole rings is 1. The Balaban J connectivity index is 2.09. The van der Waals surface area contributed by atoms with Crippen molar-refractivity contribution >= 4 is 32.4 Å². The van der Waals surface area contributed by atoms with E-state index in [4.69, 9.17) is 0 Å². The van der Waals surface area contributed by atoms with Gasteiger partial charge < -0.3 is 10.0 Å². The molecule has 1 fully saturated rings. The molecule has 1 aromatic rings. The molecule has 2 heterocycles. The lowest BCUT2D eigenvalue weighted by Crippen LogP contribution is -2.27. The lowest BCUT2D eigenvalue weighted by atomic mass is 9.91. The molecule has 0 saturated carbocycles. The van der Waals surface area contributed by atoms with Crippen LogP contribution in [-0.2, 0) is 0 Å². The second-order valence-electron chi connectivity index (χ2n) is 4.09. The minimum atomic E-state index is 0.0537. The summed E-state index contributed by atoms with van der Waals surface area (Å²) >= 11 is 4.99. The summed E-state index contributed by atoms with van der Waals surface area (Å²) in [6.45, 7) is 4.28. The summed E-state index contributed by atoms with van der Waals surface area (Å²) in [7, 11) is 0. The summed E-state index contributed by atoms with van der Waals surface area (Å²) in [6.07, 6.45) is 1.04. The number of aromatic nitrogens is 1. The van der Waals surface area contributed by atoms with Crippen molar-refractivity contribution in [1.82, 2.24) is 4.98 Å². The fraction of sp³-hybridized carbons (Fsp3) is 0.667. The Morgan fingerprint density at radius 2 is 2.57 bits per heavy atom. The van der Waals surface area contributed by atoms with Crippen LogP contribution >= 0.6 is 27.3 Å². The molecule has 14 heavy (non-hydrogen) atoms. The van der Waals surface area contributed by atoms with Crippen LogP contribution in [0.1, 0.15) is 13.3 Å². The maximum absolute atomic E-state index is 9.24. The van der Waals surface area contributed by atoms with Crippen LogP contribution in [0.5, 0.6) is 0 Å². The van der Waals surface area contributed by atoms with Gasteiger partial charge in [0.05, 0.1) is 6.61 Å². The second-order valence-corrected chi connectivity index (χ2v) is 5.74. The van der Waals surface area contributed by atoms with Gasteiger partial charge in [0.25, 0.3) is 0 Å². The Kier molecular flexibility index (Phi) is 2.81. The summed E-state index contributed by atoms with van der Waals surface area (Å²) in [5.74, 6) is 0. The Morgan fingerprint density at radius 3 is 3.07 bits per heavy atom. The van der Waals surface area contributed by atoms with Crippen molar-refractivity contribution in [3.05, 3.63) is 9.98 Å². The molecule has 1 saturated heterocycles. The summed E-state index contributed by atoms with van der Waals surface area (Å²) in [6, 6.07) is 0. The van der Waals surface area contributed by atoms with Crippen molar-refractivity contribution < 1.29 is 5.11 Å². The minimum Gasteiger partial charge on any atom is -0.396 e. The van der Waals surface area contributed by atoms with Gasteiger partial charge in [0, 0.05) is 23.9 Å². The first-order valence-corrected chi connectivity index (χ1v) is 6.27. The van der Waals surface area contributed by atoms with Gasteiger partial charge in [0.2, 0.25) is 0 Å². The zero-order valence-electron chi connectivity index (χ0n) is 8.03. The van der Waals surface area contributed by atoms with Crippen LogP contribution < -0.4 is 4.90 Å². The predicted molar refractivity (Wildman–Crippen MR) is 61.8 cm³/mol. The molecule has 0 aromatic carbocycles. The molecule has 0 amide bonds. The van der Waals surface area contributed by atoms with E-state index in [9.17, 15) is 5.11 Å². The number of aliphatic hydroxyl groups is 1. The maximum Gasteiger partial charge on any atom is 0.186 e. The molecule has 0 radical (unpaired) electrons. The Bertz CT molecular complexity index is 330. The average molecular weight is 277 g/mol. The molecular formula is C9H13BrN2OS. The third-order valence-corrected chi connectivity index (χ3v) is 4.28. The Hall–Kier alpha value is -0.130. The van der Waals surface area contributed by atoms with Gasteiger partial charge in [0.15, 0.2) is 5.13 Å². The van der Waals surface area contributed by atoms with Crippen molar-refractivity contribution in [3.63, 3.8) is 0 Å². The fourth-order valence-corrected chi connectivity index (χ4v) is 2.98. The average Bonchev–Trinajstić information content (AvgIpc) is 2.73. The number of aliphatic hydroxyl groups excluding tert-OH is 1. The monoisotopic (exact) mass is 276 g/mol. The van der Waals surface area contributed by atoms with E-state index in [2.05, 4.69) is 32.7 Å². The summed E-state index contributed by atoms with van der Waals surface area (Å²) in [4.78, 5) is 6.61. The van der Waals surface area contributed by atoms with Crippen LogP contribution in [0.4, 0.5) is 5.13 Å². The van der Waals surface area contributed by atoms with E-state index in [1.807, 2.05) is 5.38 Å². The lowest BCUT2D eigenvalue weighted by molar-refractivity contribution is 0.162. The molecule has 0 aliphatic carbocycles. The van der Waals surface area contributed by atoms with E-state index in [1.54, 1.807) is 11.3 Å². The quantitative estimate of drug-likeness (QED) is 0.899. The highest BCUT2D eigenvalue weighted by atomic mass is 79.9. The van der Waals surface area contributed by atoms with Crippen LogP contribution in [0, 0.1) is 5.41 Å². The van der Waals surface area contributed by atoms with Crippen LogP contribution in [0.3, 0.4) is 0 Å². The smallest absolute Gasteiger partial charge is 0.186 e. The van der Waals surface area contributed by atoms with Crippen molar-refractivity contribution in [3.8, 4) is 0 Å². The molecule has 1 unspecified atom stereocenters. The van der Waals surface area contributed by atoms with Gasteiger partial charge >= 0.3 is 0 Å². The third-order valence-electron chi connectivity index (χ3n) is 2.67. The molecular weight excluding hydrogens is 264 g/mol. The Labute approximate surface area is 95.9 Å². The van der Waals surface area contributed by atoms with Crippen molar-refractivity contribution in [2.24, 2.45) is 5.41 Å². The number of hydrogen-bond acceptors (Lipinski definition) is 4. The molecule has 1 N–H and O–H groups in total. The van der Waals surface area contributed by atoms with Crippen LogP contribution in [0.25, 0.3) is 0 Å². The topological polar surface area (TPSA) is 36.4 Å². The lowest BCUT2D eigenvalue weighted by Gasteiger charge is -2.21. The number of hydrogen-bond donors (Lipinski definition) is 1. The normalized spacial score (nSPS) is 27.2. The van der Waals surface area contributed by atoms with Crippen LogP contribution in [0.2, 0.25) is 0 Å². The standard InChI is InChI=1S/C9H13BrN2OS/c1-9(6-13)2-3-12(5-9)8-11-7(10)4-14-8/h4,13H,2-3,5-6H2,1H3. The largest absolute Gasteiger partial charge is 0.396 e. The minimum absolute atomic E-state index is 0.0537. The third kappa shape index (κ3) is 1.94. The van der Waals surface area contributed by atoms with Crippen molar-refractivity contribution in [2.75, 3.05) is 24.6 Å². The highest BCUT2D eigenvalue weighted by Crippen LogP contribution is 2.34. The summed E-state index contributed by atoms with van der Waals surface area (Å²) in [5, 5.41) is 12.3. The van der Waals surface area contributed by atoms with E-state index in [1.165, 1.54) is 0 Å².